The summed E-state index contributed by atoms with van der Waals surface area (Å²) in [6, 6.07) is 2.01. The Bertz CT molecular complexity index is 516. The number of carboxylic acid groups (broad SMARTS) is 1. The van der Waals surface area contributed by atoms with Gasteiger partial charge in [0.05, 0.1) is 0 Å². The molecule has 0 aliphatic heterocycles. The molecule has 0 spiro atoms. The first-order valence-electron chi connectivity index (χ1n) is 6.10. The van der Waals surface area contributed by atoms with Gasteiger partial charge in [-0.25, -0.2) is 4.39 Å². The average molecular weight is 384 g/mol. The fourth-order valence-corrected chi connectivity index (χ4v) is 2.16. The van der Waals surface area contributed by atoms with Crippen molar-refractivity contribution < 1.29 is 19.1 Å². The molecule has 0 saturated carbocycles. The maximum Gasteiger partial charge on any atom is 0.320 e. The minimum absolute atomic E-state index is 0. The number of nitrogens with two attached hydrogens (primary N) is 1. The van der Waals surface area contributed by atoms with Crippen molar-refractivity contribution >= 4 is 40.2 Å². The average Bonchev–Trinajstić information content (AvgIpc) is 2.34. The van der Waals surface area contributed by atoms with Crippen LogP contribution in [0.15, 0.2) is 22.7 Å². The maximum absolute atomic E-state index is 13.9. The van der Waals surface area contributed by atoms with Gasteiger partial charge in [0.15, 0.2) is 0 Å². The summed E-state index contributed by atoms with van der Waals surface area (Å²) in [5.74, 6) is -2.56. The summed E-state index contributed by atoms with van der Waals surface area (Å²) in [4.78, 5) is 22.6. The van der Waals surface area contributed by atoms with Crippen molar-refractivity contribution in [3.63, 3.8) is 0 Å². The Kier molecular flexibility index (Phi) is 8.46. The molecule has 8 heteroatoms. The summed E-state index contributed by atoms with van der Waals surface area (Å²) in [6.45, 7) is 1.82. The van der Waals surface area contributed by atoms with E-state index >= 15 is 0 Å². The number of amides is 1. The Morgan fingerprint density at radius 3 is 2.52 bits per heavy atom. The first-order chi connectivity index (χ1) is 9.36. The molecule has 1 aromatic carbocycles. The lowest BCUT2D eigenvalue weighted by atomic mass is 10.0. The van der Waals surface area contributed by atoms with Crippen LogP contribution in [-0.4, -0.2) is 23.0 Å². The molecule has 5 nitrogen and oxygen atoms in total. The lowest BCUT2D eigenvalue weighted by Crippen LogP contribution is -2.44. The normalized spacial score (nSPS) is 13.1. The molecule has 0 fully saturated rings. The van der Waals surface area contributed by atoms with Gasteiger partial charge in [-0.2, -0.15) is 0 Å². The molecule has 4 N–H and O–H groups in total. The second-order valence-corrected chi connectivity index (χ2v) is 5.26. The van der Waals surface area contributed by atoms with E-state index in [2.05, 4.69) is 21.2 Å². The second kappa shape index (κ2) is 8.96. The molecule has 21 heavy (non-hydrogen) atoms. The largest absolute Gasteiger partial charge is 0.480 e. The summed E-state index contributed by atoms with van der Waals surface area (Å²) >= 11 is 3.11. The Labute approximate surface area is 136 Å². The van der Waals surface area contributed by atoms with Gasteiger partial charge in [0, 0.05) is 10.0 Å². The van der Waals surface area contributed by atoms with Crippen LogP contribution >= 0.6 is 28.3 Å². The van der Waals surface area contributed by atoms with Crippen molar-refractivity contribution in [2.75, 3.05) is 0 Å². The highest BCUT2D eigenvalue weighted by Gasteiger charge is 2.27. The smallest absolute Gasteiger partial charge is 0.320 e. The second-order valence-electron chi connectivity index (χ2n) is 4.35. The van der Waals surface area contributed by atoms with Crippen molar-refractivity contribution in [3.05, 3.63) is 34.1 Å². The van der Waals surface area contributed by atoms with E-state index in [1.54, 1.807) is 6.07 Å². The van der Waals surface area contributed by atoms with Crippen LogP contribution in [0.5, 0.6) is 0 Å². The van der Waals surface area contributed by atoms with Gasteiger partial charge >= 0.3 is 5.97 Å². The Balaban J connectivity index is 0.00000400. The van der Waals surface area contributed by atoms with Crippen LogP contribution < -0.4 is 11.1 Å². The monoisotopic (exact) mass is 382 g/mol. The maximum atomic E-state index is 13.9. The predicted octanol–water partition coefficient (Wildman–Crippen LogP) is 2.38. The molecule has 0 aliphatic rings. The van der Waals surface area contributed by atoms with Crippen LogP contribution in [0.3, 0.4) is 0 Å². The number of halogens is 3. The summed E-state index contributed by atoms with van der Waals surface area (Å²) in [6.07, 6.45) is 0.926. The van der Waals surface area contributed by atoms with Gasteiger partial charge in [-0.05, 0) is 18.6 Å². The molecule has 0 aliphatic carbocycles. The molecule has 1 aromatic rings. The van der Waals surface area contributed by atoms with Gasteiger partial charge in [-0.15, -0.1) is 12.4 Å². The van der Waals surface area contributed by atoms with E-state index in [-0.39, 0.29) is 18.0 Å². The lowest BCUT2D eigenvalue weighted by molar-refractivity contribution is -0.140. The zero-order chi connectivity index (χ0) is 15.3. The number of carbonyl (C=O) groups is 2. The standard InChI is InChI=1S/C13H16BrFN2O3.ClH/c1-2-3-10(13(19)20)17-11(12(16)18)8-5-4-7(14)6-9(8)15;/h4-6,10-11,17H,2-3H2,1H3,(H2,16,18)(H,19,20);1H. The van der Waals surface area contributed by atoms with Crippen LogP contribution in [0, 0.1) is 5.82 Å². The number of hydrogen-bond acceptors (Lipinski definition) is 3. The Hall–Kier alpha value is -1.18. The van der Waals surface area contributed by atoms with E-state index < -0.39 is 29.8 Å². The van der Waals surface area contributed by atoms with Gasteiger partial charge in [-0.3, -0.25) is 14.9 Å². The molecule has 0 saturated heterocycles. The topological polar surface area (TPSA) is 92.4 Å². The van der Waals surface area contributed by atoms with E-state index in [0.717, 1.165) is 0 Å². The Morgan fingerprint density at radius 1 is 1.48 bits per heavy atom. The van der Waals surface area contributed by atoms with Crippen LogP contribution in [-0.2, 0) is 9.59 Å². The SMILES string of the molecule is CCCC(NC(C(N)=O)c1ccc(Br)cc1F)C(=O)O.Cl. The molecule has 1 rings (SSSR count). The highest BCUT2D eigenvalue weighted by molar-refractivity contribution is 9.10. The third-order valence-corrected chi connectivity index (χ3v) is 3.29. The first kappa shape index (κ1) is 19.8. The number of carboxylic acids is 1. The number of benzene rings is 1. The van der Waals surface area contributed by atoms with Crippen molar-refractivity contribution in [1.82, 2.24) is 5.32 Å². The van der Waals surface area contributed by atoms with Crippen molar-refractivity contribution in [2.45, 2.75) is 31.8 Å². The number of primary amides is 1. The lowest BCUT2D eigenvalue weighted by Gasteiger charge is -2.21. The number of aliphatic carboxylic acids is 1. The number of carbonyl (C=O) groups excluding carboxylic acids is 1. The van der Waals surface area contributed by atoms with Gasteiger partial charge in [0.1, 0.15) is 17.9 Å². The first-order valence-corrected chi connectivity index (χ1v) is 6.89. The van der Waals surface area contributed by atoms with Gasteiger partial charge in [0.2, 0.25) is 5.91 Å². The van der Waals surface area contributed by atoms with E-state index in [0.29, 0.717) is 17.3 Å². The van der Waals surface area contributed by atoms with E-state index in [1.165, 1.54) is 12.1 Å². The van der Waals surface area contributed by atoms with Crippen molar-refractivity contribution in [3.8, 4) is 0 Å². The highest BCUT2D eigenvalue weighted by Crippen LogP contribution is 2.22. The van der Waals surface area contributed by atoms with Gasteiger partial charge in [0.25, 0.3) is 0 Å². The fourth-order valence-electron chi connectivity index (χ4n) is 1.83. The van der Waals surface area contributed by atoms with Crippen LogP contribution in [0.4, 0.5) is 4.39 Å². The number of hydrogen-bond donors (Lipinski definition) is 3. The molecule has 0 aromatic heterocycles. The molecule has 2 atom stereocenters. The van der Waals surface area contributed by atoms with Crippen molar-refractivity contribution in [2.24, 2.45) is 5.73 Å². The number of nitrogens with one attached hydrogen (secondary N) is 1. The minimum atomic E-state index is -1.18. The zero-order valence-electron chi connectivity index (χ0n) is 11.3. The zero-order valence-corrected chi connectivity index (χ0v) is 13.7. The van der Waals surface area contributed by atoms with Crippen LogP contribution in [0.1, 0.15) is 31.4 Å². The third kappa shape index (κ3) is 5.61. The summed E-state index contributed by atoms with van der Waals surface area (Å²) < 4.78 is 14.4. The highest BCUT2D eigenvalue weighted by atomic mass is 79.9. The quantitative estimate of drug-likeness (QED) is 0.674. The van der Waals surface area contributed by atoms with Gasteiger partial charge in [-0.1, -0.05) is 35.3 Å². The van der Waals surface area contributed by atoms with E-state index in [9.17, 15) is 14.0 Å². The minimum Gasteiger partial charge on any atom is -0.480 e. The molecule has 1 amide bonds. The van der Waals surface area contributed by atoms with E-state index in [4.69, 9.17) is 10.8 Å². The molecule has 118 valence electrons. The Morgan fingerprint density at radius 2 is 2.10 bits per heavy atom. The molecular formula is C13H17BrClFN2O3. The summed E-state index contributed by atoms with van der Waals surface area (Å²) in [7, 11) is 0. The van der Waals surface area contributed by atoms with E-state index in [1.807, 2.05) is 6.92 Å². The molecular weight excluding hydrogens is 367 g/mol. The van der Waals surface area contributed by atoms with Crippen molar-refractivity contribution in [1.29, 1.82) is 0 Å². The third-order valence-electron chi connectivity index (χ3n) is 2.80. The predicted molar refractivity (Wildman–Crippen MR) is 82.8 cm³/mol. The van der Waals surface area contributed by atoms with Crippen LogP contribution in [0.25, 0.3) is 0 Å². The molecule has 0 radical (unpaired) electrons. The summed E-state index contributed by atoms with van der Waals surface area (Å²) in [5.41, 5.74) is 5.28. The van der Waals surface area contributed by atoms with Gasteiger partial charge < -0.3 is 10.8 Å². The molecule has 2 unspecified atom stereocenters. The molecule has 0 heterocycles. The summed E-state index contributed by atoms with van der Waals surface area (Å²) in [5, 5.41) is 11.7. The molecule has 0 bridgehead atoms. The van der Waals surface area contributed by atoms with Crippen LogP contribution in [0.2, 0.25) is 0 Å². The number of rotatable bonds is 7. The fraction of sp³-hybridized carbons (Fsp3) is 0.385.